The van der Waals surface area contributed by atoms with Gasteiger partial charge in [0.05, 0.1) is 0 Å². The maximum Gasteiger partial charge on any atom is 0.0491 e. The van der Waals surface area contributed by atoms with Crippen molar-refractivity contribution in [3.8, 4) is 0 Å². The first-order valence-electron chi connectivity index (χ1n) is 2.16. The Kier molecular flexibility index (Phi) is 1.59. The Hall–Kier alpha value is -0.150. The molecule has 0 saturated heterocycles. The van der Waals surface area contributed by atoms with Gasteiger partial charge in [0.1, 0.15) is 0 Å². The molecule has 1 heterocycles. The maximum absolute atomic E-state index is 3.02. The van der Waals surface area contributed by atoms with Gasteiger partial charge in [-0.25, -0.2) is 0 Å². The predicted octanol–water partition coefficient (Wildman–Crippen LogP) is 0.598. The largest absolute Gasteiger partial charge is 0.317 e. The van der Waals surface area contributed by atoms with Crippen LogP contribution in [0.15, 0.2) is 12.3 Å². The number of nitrogens with one attached hydrogen (secondary N) is 1. The molecule has 0 aromatic carbocycles. The standard InChI is InChI=1S/C4H8N2S/c1-7-6-4-2-3-5-6/h2-3,5H,4H2,1H3. The second-order valence-corrected chi connectivity index (χ2v) is 2.08. The highest BCUT2D eigenvalue weighted by molar-refractivity contribution is 7.96. The van der Waals surface area contributed by atoms with Crippen molar-refractivity contribution in [1.82, 2.24) is 9.84 Å². The van der Waals surface area contributed by atoms with E-state index in [1.54, 1.807) is 11.9 Å². The molecule has 0 amide bonds. The molecule has 0 unspecified atom stereocenters. The molecule has 0 atom stereocenters. The average Bonchev–Trinajstić information content (AvgIpc) is 2.14. The van der Waals surface area contributed by atoms with Gasteiger partial charge in [0.2, 0.25) is 0 Å². The number of hydrogen-bond acceptors (Lipinski definition) is 3. The van der Waals surface area contributed by atoms with Crippen molar-refractivity contribution in [2.75, 3.05) is 12.8 Å². The Balaban J connectivity index is 2.22. The van der Waals surface area contributed by atoms with Crippen LogP contribution in [0.3, 0.4) is 0 Å². The SMILES string of the molecule is CSN1CC=CN1. The molecular formula is C4H8N2S. The summed E-state index contributed by atoms with van der Waals surface area (Å²) in [5, 5.41) is 0. The van der Waals surface area contributed by atoms with Gasteiger partial charge >= 0.3 is 0 Å². The molecule has 1 aliphatic heterocycles. The highest BCUT2D eigenvalue weighted by atomic mass is 32.2. The van der Waals surface area contributed by atoms with E-state index >= 15 is 0 Å². The second kappa shape index (κ2) is 2.23. The molecule has 2 nitrogen and oxygen atoms in total. The first-order chi connectivity index (χ1) is 3.43. The Morgan fingerprint density at radius 2 is 2.71 bits per heavy atom. The molecule has 0 aromatic rings. The number of rotatable bonds is 1. The molecule has 0 radical (unpaired) electrons. The summed E-state index contributed by atoms with van der Waals surface area (Å²) >= 11 is 1.69. The minimum Gasteiger partial charge on any atom is -0.317 e. The van der Waals surface area contributed by atoms with Crippen molar-refractivity contribution in [3.63, 3.8) is 0 Å². The van der Waals surface area contributed by atoms with Gasteiger partial charge in [-0.05, 0) is 6.26 Å². The zero-order chi connectivity index (χ0) is 5.11. The highest BCUT2D eigenvalue weighted by Crippen LogP contribution is 2.03. The Morgan fingerprint density at radius 3 is 3.00 bits per heavy atom. The van der Waals surface area contributed by atoms with Crippen LogP contribution in [0.25, 0.3) is 0 Å². The lowest BCUT2D eigenvalue weighted by Gasteiger charge is -2.09. The topological polar surface area (TPSA) is 15.3 Å². The fourth-order valence-corrected chi connectivity index (χ4v) is 0.866. The van der Waals surface area contributed by atoms with E-state index in [0.29, 0.717) is 0 Å². The summed E-state index contributed by atoms with van der Waals surface area (Å²) in [7, 11) is 0. The van der Waals surface area contributed by atoms with E-state index in [2.05, 4.69) is 11.5 Å². The van der Waals surface area contributed by atoms with E-state index in [4.69, 9.17) is 0 Å². The van der Waals surface area contributed by atoms with Crippen LogP contribution in [0.2, 0.25) is 0 Å². The first-order valence-corrected chi connectivity index (χ1v) is 3.34. The Labute approximate surface area is 47.7 Å². The summed E-state index contributed by atoms with van der Waals surface area (Å²) < 4.78 is 2.04. The molecule has 1 N–H and O–H groups in total. The summed E-state index contributed by atoms with van der Waals surface area (Å²) in [6.07, 6.45) is 6.06. The van der Waals surface area contributed by atoms with Gasteiger partial charge < -0.3 is 5.43 Å². The van der Waals surface area contributed by atoms with Crippen LogP contribution in [0.5, 0.6) is 0 Å². The Bertz CT molecular complexity index is 73.8. The van der Waals surface area contributed by atoms with Crippen LogP contribution in [-0.4, -0.2) is 17.2 Å². The van der Waals surface area contributed by atoms with Gasteiger partial charge in [-0.2, -0.15) is 4.41 Å². The van der Waals surface area contributed by atoms with Gasteiger partial charge in [0, 0.05) is 12.7 Å². The van der Waals surface area contributed by atoms with E-state index < -0.39 is 0 Å². The van der Waals surface area contributed by atoms with Crippen molar-refractivity contribution in [1.29, 1.82) is 0 Å². The van der Waals surface area contributed by atoms with Crippen molar-refractivity contribution in [3.05, 3.63) is 12.3 Å². The molecule has 0 bridgehead atoms. The predicted molar refractivity (Wildman–Crippen MR) is 32.5 cm³/mol. The normalized spacial score (nSPS) is 20.1. The lowest BCUT2D eigenvalue weighted by Crippen LogP contribution is -2.21. The van der Waals surface area contributed by atoms with Crippen molar-refractivity contribution in [2.24, 2.45) is 0 Å². The van der Waals surface area contributed by atoms with Crippen LogP contribution in [-0.2, 0) is 0 Å². The third-order valence-corrected chi connectivity index (χ3v) is 1.52. The molecule has 1 rings (SSSR count). The van der Waals surface area contributed by atoms with E-state index in [0.717, 1.165) is 6.54 Å². The summed E-state index contributed by atoms with van der Waals surface area (Å²) in [6.45, 7) is 1.02. The van der Waals surface area contributed by atoms with Crippen molar-refractivity contribution < 1.29 is 0 Å². The molecule has 0 aliphatic carbocycles. The Morgan fingerprint density at radius 1 is 1.86 bits per heavy atom. The van der Waals surface area contributed by atoms with Gasteiger partial charge in [-0.3, -0.25) is 0 Å². The zero-order valence-corrected chi connectivity index (χ0v) is 5.03. The lowest BCUT2D eigenvalue weighted by atomic mass is 10.7. The second-order valence-electron chi connectivity index (χ2n) is 1.28. The molecule has 0 fully saturated rings. The first kappa shape index (κ1) is 5.00. The number of hydrogen-bond donors (Lipinski definition) is 1. The third-order valence-electron chi connectivity index (χ3n) is 0.828. The van der Waals surface area contributed by atoms with E-state index in [-0.39, 0.29) is 0 Å². The summed E-state index contributed by atoms with van der Waals surface area (Å²) in [5.74, 6) is 0. The number of hydrazine groups is 1. The molecule has 0 saturated carbocycles. The highest BCUT2D eigenvalue weighted by Gasteiger charge is 1.99. The minimum atomic E-state index is 1.02. The monoisotopic (exact) mass is 116 g/mol. The summed E-state index contributed by atoms with van der Waals surface area (Å²) in [5.41, 5.74) is 3.02. The lowest BCUT2D eigenvalue weighted by molar-refractivity contribution is 0.484. The quantitative estimate of drug-likeness (QED) is 0.505. The fraction of sp³-hybridized carbons (Fsp3) is 0.500. The van der Waals surface area contributed by atoms with E-state index in [1.807, 2.05) is 16.9 Å². The summed E-state index contributed by atoms with van der Waals surface area (Å²) in [6, 6.07) is 0. The van der Waals surface area contributed by atoms with Crippen molar-refractivity contribution in [2.45, 2.75) is 0 Å². The third kappa shape index (κ3) is 1.11. The molecule has 0 aromatic heterocycles. The zero-order valence-electron chi connectivity index (χ0n) is 4.22. The van der Waals surface area contributed by atoms with E-state index in [1.165, 1.54) is 0 Å². The fourth-order valence-electron chi connectivity index (χ4n) is 0.464. The molecule has 3 heteroatoms. The molecule has 1 aliphatic rings. The smallest absolute Gasteiger partial charge is 0.0491 e. The summed E-state index contributed by atoms with van der Waals surface area (Å²) in [4.78, 5) is 0. The van der Waals surface area contributed by atoms with E-state index in [9.17, 15) is 0 Å². The minimum absolute atomic E-state index is 1.02. The van der Waals surface area contributed by atoms with Crippen LogP contribution < -0.4 is 5.43 Å². The van der Waals surface area contributed by atoms with Crippen LogP contribution in [0, 0.1) is 0 Å². The van der Waals surface area contributed by atoms with Gasteiger partial charge in [-0.1, -0.05) is 18.0 Å². The van der Waals surface area contributed by atoms with Gasteiger partial charge in [0.15, 0.2) is 0 Å². The van der Waals surface area contributed by atoms with Crippen LogP contribution in [0.4, 0.5) is 0 Å². The molecule has 0 spiro atoms. The maximum atomic E-state index is 3.02. The number of nitrogens with zero attached hydrogens (tertiary/aromatic N) is 1. The molecule has 40 valence electrons. The van der Waals surface area contributed by atoms with Crippen molar-refractivity contribution >= 4 is 11.9 Å². The molecule has 7 heavy (non-hydrogen) atoms. The van der Waals surface area contributed by atoms with Gasteiger partial charge in [0.25, 0.3) is 0 Å². The van der Waals surface area contributed by atoms with Crippen LogP contribution >= 0.6 is 11.9 Å². The average molecular weight is 116 g/mol. The van der Waals surface area contributed by atoms with Gasteiger partial charge in [-0.15, -0.1) is 0 Å². The molecular weight excluding hydrogens is 108 g/mol. The van der Waals surface area contributed by atoms with Crippen LogP contribution in [0.1, 0.15) is 0 Å².